The molecule has 3 nitrogen and oxygen atoms in total. The van der Waals surface area contributed by atoms with Crippen LogP contribution in [0.5, 0.6) is 0 Å². The van der Waals surface area contributed by atoms with E-state index in [9.17, 15) is 18.0 Å². The minimum Gasteiger partial charge on any atom is -0.329 e. The lowest BCUT2D eigenvalue weighted by Crippen LogP contribution is -2.67. The van der Waals surface area contributed by atoms with Crippen LogP contribution in [0.4, 0.5) is 13.2 Å². The van der Waals surface area contributed by atoms with Gasteiger partial charge >= 0.3 is 12.1 Å². The van der Waals surface area contributed by atoms with Crippen LogP contribution in [-0.2, 0) is 4.79 Å². The summed E-state index contributed by atoms with van der Waals surface area (Å²) in [5, 5.41) is 3.09. The number of amides is 1. The van der Waals surface area contributed by atoms with Gasteiger partial charge in [-0.25, -0.2) is 0 Å². The molecule has 0 saturated carbocycles. The van der Waals surface area contributed by atoms with E-state index in [-0.39, 0.29) is 6.54 Å². The van der Waals surface area contributed by atoms with Gasteiger partial charge in [0.25, 0.3) is 0 Å². The largest absolute Gasteiger partial charge is 0.471 e. The maximum atomic E-state index is 12.3. The molecule has 1 N–H and O–H groups in total. The number of nitrogens with zero attached hydrogens (tertiary/aromatic N) is 1. The Bertz CT molecular complexity index is 271. The fourth-order valence-corrected chi connectivity index (χ4v) is 2.42. The number of piperidine rings is 1. The van der Waals surface area contributed by atoms with E-state index in [1.54, 1.807) is 0 Å². The van der Waals surface area contributed by atoms with Crippen LogP contribution < -0.4 is 5.32 Å². The zero-order valence-corrected chi connectivity index (χ0v) is 8.23. The van der Waals surface area contributed by atoms with Crippen molar-refractivity contribution in [3.8, 4) is 0 Å². The van der Waals surface area contributed by atoms with Crippen LogP contribution in [-0.4, -0.2) is 42.2 Å². The maximum Gasteiger partial charge on any atom is 0.471 e. The molecule has 0 bridgehead atoms. The SMILES string of the molecule is O=C(N1CCC12CCNCC2)C(F)(F)F. The van der Waals surface area contributed by atoms with Crippen LogP contribution in [0.2, 0.25) is 0 Å². The van der Waals surface area contributed by atoms with Crippen LogP contribution in [0.1, 0.15) is 19.3 Å². The van der Waals surface area contributed by atoms with Gasteiger partial charge in [0.15, 0.2) is 0 Å². The number of alkyl halides is 3. The number of likely N-dealkylation sites (tertiary alicyclic amines) is 1. The molecule has 2 aliphatic rings. The van der Waals surface area contributed by atoms with Crippen molar-refractivity contribution in [2.45, 2.75) is 31.0 Å². The zero-order valence-electron chi connectivity index (χ0n) is 8.23. The molecular weight excluding hydrogens is 209 g/mol. The Labute approximate surface area is 85.6 Å². The molecule has 6 heteroatoms. The van der Waals surface area contributed by atoms with Crippen molar-refractivity contribution in [1.82, 2.24) is 10.2 Å². The molecule has 2 rings (SSSR count). The lowest BCUT2D eigenvalue weighted by atomic mass is 9.77. The summed E-state index contributed by atoms with van der Waals surface area (Å²) in [5.41, 5.74) is -0.502. The van der Waals surface area contributed by atoms with Gasteiger partial charge in [0, 0.05) is 12.1 Å². The molecule has 0 unspecified atom stereocenters. The van der Waals surface area contributed by atoms with Gasteiger partial charge in [0.2, 0.25) is 0 Å². The average Bonchev–Trinajstić information content (AvgIpc) is 2.16. The number of carbonyl (C=O) groups excluding carboxylic acids is 1. The second-order valence-electron chi connectivity index (χ2n) is 4.18. The molecule has 2 heterocycles. The van der Waals surface area contributed by atoms with Crippen molar-refractivity contribution in [2.75, 3.05) is 19.6 Å². The second kappa shape index (κ2) is 3.37. The molecule has 1 spiro atoms. The molecule has 0 radical (unpaired) electrons. The Morgan fingerprint density at radius 3 is 2.20 bits per heavy atom. The van der Waals surface area contributed by atoms with Gasteiger partial charge in [-0.1, -0.05) is 0 Å². The number of rotatable bonds is 0. The molecule has 0 aromatic heterocycles. The molecule has 2 saturated heterocycles. The van der Waals surface area contributed by atoms with Crippen LogP contribution in [0.3, 0.4) is 0 Å². The van der Waals surface area contributed by atoms with Crippen molar-refractivity contribution in [3.63, 3.8) is 0 Å². The minimum absolute atomic E-state index is 0.248. The Hall–Kier alpha value is -0.780. The molecule has 86 valence electrons. The molecule has 0 aromatic carbocycles. The molecule has 0 aromatic rings. The Kier molecular flexibility index (Phi) is 2.41. The average molecular weight is 222 g/mol. The third-order valence-electron chi connectivity index (χ3n) is 3.40. The van der Waals surface area contributed by atoms with E-state index in [0.717, 1.165) is 4.90 Å². The Balaban J connectivity index is 2.08. The summed E-state index contributed by atoms with van der Waals surface area (Å²) in [4.78, 5) is 12.1. The standard InChI is InChI=1S/C9H13F3N2O/c10-9(11,12)7(15)14-6-3-8(14)1-4-13-5-2-8/h13H,1-6H2. The van der Waals surface area contributed by atoms with Gasteiger partial charge in [-0.3, -0.25) is 4.79 Å². The lowest BCUT2D eigenvalue weighted by molar-refractivity contribution is -0.202. The van der Waals surface area contributed by atoms with Crippen molar-refractivity contribution in [1.29, 1.82) is 0 Å². The zero-order chi connectivity index (χ0) is 11.1. The molecule has 1 amide bonds. The first-order valence-corrected chi connectivity index (χ1v) is 5.05. The van der Waals surface area contributed by atoms with Crippen molar-refractivity contribution < 1.29 is 18.0 Å². The van der Waals surface area contributed by atoms with Crippen molar-refractivity contribution in [2.24, 2.45) is 0 Å². The van der Waals surface area contributed by atoms with Crippen molar-refractivity contribution in [3.05, 3.63) is 0 Å². The fraction of sp³-hybridized carbons (Fsp3) is 0.889. The number of hydrogen-bond donors (Lipinski definition) is 1. The minimum atomic E-state index is -4.72. The first-order valence-electron chi connectivity index (χ1n) is 5.05. The first kappa shape index (κ1) is 10.7. The molecular formula is C9H13F3N2O. The second-order valence-corrected chi connectivity index (χ2v) is 4.18. The van der Waals surface area contributed by atoms with Crippen LogP contribution in [0, 0.1) is 0 Å². The molecule has 2 fully saturated rings. The molecule has 15 heavy (non-hydrogen) atoms. The van der Waals surface area contributed by atoms with Crippen molar-refractivity contribution >= 4 is 5.91 Å². The van der Waals surface area contributed by atoms with Gasteiger partial charge < -0.3 is 10.2 Å². The van der Waals surface area contributed by atoms with Crippen LogP contribution >= 0.6 is 0 Å². The third-order valence-corrected chi connectivity index (χ3v) is 3.40. The van der Waals surface area contributed by atoms with E-state index in [2.05, 4.69) is 5.32 Å². The predicted octanol–water partition coefficient (Wildman–Crippen LogP) is 0.903. The number of nitrogens with one attached hydrogen (secondary N) is 1. The maximum absolute atomic E-state index is 12.3. The van der Waals surface area contributed by atoms with E-state index in [1.165, 1.54) is 0 Å². The summed E-state index contributed by atoms with van der Waals surface area (Å²) in [7, 11) is 0. The lowest BCUT2D eigenvalue weighted by Gasteiger charge is -2.55. The Morgan fingerprint density at radius 2 is 1.80 bits per heavy atom. The van der Waals surface area contributed by atoms with Gasteiger partial charge in [-0.15, -0.1) is 0 Å². The summed E-state index contributed by atoms with van der Waals surface area (Å²) in [5.74, 6) is -1.67. The smallest absolute Gasteiger partial charge is 0.329 e. The van der Waals surface area contributed by atoms with E-state index in [4.69, 9.17) is 0 Å². The summed E-state index contributed by atoms with van der Waals surface area (Å²) >= 11 is 0. The Morgan fingerprint density at radius 1 is 1.20 bits per heavy atom. The monoisotopic (exact) mass is 222 g/mol. The van der Waals surface area contributed by atoms with E-state index >= 15 is 0 Å². The van der Waals surface area contributed by atoms with Gasteiger partial charge in [0.1, 0.15) is 0 Å². The highest BCUT2D eigenvalue weighted by Gasteiger charge is 2.54. The summed E-state index contributed by atoms with van der Waals surface area (Å²) in [6.45, 7) is 1.64. The summed E-state index contributed by atoms with van der Waals surface area (Å²) < 4.78 is 36.8. The van der Waals surface area contributed by atoms with E-state index in [0.29, 0.717) is 32.4 Å². The topological polar surface area (TPSA) is 32.3 Å². The summed E-state index contributed by atoms with van der Waals surface area (Å²) in [6.07, 6.45) is -2.75. The van der Waals surface area contributed by atoms with E-state index < -0.39 is 17.6 Å². The highest BCUT2D eigenvalue weighted by atomic mass is 19.4. The fourth-order valence-electron chi connectivity index (χ4n) is 2.42. The van der Waals surface area contributed by atoms with Gasteiger partial charge in [-0.05, 0) is 32.4 Å². The molecule has 0 aliphatic carbocycles. The van der Waals surface area contributed by atoms with Gasteiger partial charge in [0.05, 0.1) is 0 Å². The van der Waals surface area contributed by atoms with E-state index in [1.807, 2.05) is 0 Å². The number of hydrogen-bond acceptors (Lipinski definition) is 2. The first-order chi connectivity index (χ1) is 6.96. The third kappa shape index (κ3) is 1.71. The highest BCUT2D eigenvalue weighted by molar-refractivity contribution is 5.83. The highest BCUT2D eigenvalue weighted by Crippen LogP contribution is 2.40. The number of carbonyl (C=O) groups is 1. The van der Waals surface area contributed by atoms with Crippen LogP contribution in [0.25, 0.3) is 0 Å². The predicted molar refractivity (Wildman–Crippen MR) is 47.2 cm³/mol. The molecule has 2 aliphatic heterocycles. The number of halogens is 3. The summed E-state index contributed by atoms with van der Waals surface area (Å²) in [6, 6.07) is 0. The van der Waals surface area contributed by atoms with Crippen LogP contribution in [0.15, 0.2) is 0 Å². The molecule has 0 atom stereocenters. The quantitative estimate of drug-likeness (QED) is 0.660. The van der Waals surface area contributed by atoms with Gasteiger partial charge in [-0.2, -0.15) is 13.2 Å². The normalized spacial score (nSPS) is 25.1.